The number of hydrogen-bond donors (Lipinski definition) is 0. The Morgan fingerprint density at radius 3 is 2.27 bits per heavy atom. The molecule has 1 nitrogen and oxygen atoms in total. The number of halogens is 6. The van der Waals surface area contributed by atoms with Crippen molar-refractivity contribution in [3.05, 3.63) is 58.7 Å². The highest BCUT2D eigenvalue weighted by atomic mass is 19.4. The second-order valence-electron chi connectivity index (χ2n) is 4.77. The Kier molecular flexibility index (Phi) is 4.17. The number of alkyl halides is 6. The average molecular weight is 320 g/mol. The van der Waals surface area contributed by atoms with Gasteiger partial charge in [0, 0.05) is 11.1 Å². The molecule has 0 saturated carbocycles. The van der Waals surface area contributed by atoms with Gasteiger partial charge in [0.1, 0.15) is 0 Å². The molecule has 0 bridgehead atoms. The van der Waals surface area contributed by atoms with Crippen LogP contribution >= 0.6 is 0 Å². The number of carbonyl (C=O) groups excluding carboxylic acids is 1. The molecule has 1 aromatic carbocycles. The molecule has 0 N–H and O–H groups in total. The summed E-state index contributed by atoms with van der Waals surface area (Å²) in [6.07, 6.45) is -7.46. The Labute approximate surface area is 121 Å². The van der Waals surface area contributed by atoms with Crippen LogP contribution in [-0.4, -0.2) is 12.0 Å². The van der Waals surface area contributed by atoms with E-state index in [0.29, 0.717) is 12.1 Å². The van der Waals surface area contributed by atoms with Crippen LogP contribution in [0.1, 0.15) is 28.8 Å². The zero-order valence-corrected chi connectivity index (χ0v) is 11.1. The first-order valence-corrected chi connectivity index (χ1v) is 6.29. The molecule has 0 saturated heterocycles. The summed E-state index contributed by atoms with van der Waals surface area (Å²) >= 11 is 0. The molecule has 0 spiro atoms. The van der Waals surface area contributed by atoms with Crippen molar-refractivity contribution in [2.45, 2.75) is 25.2 Å². The van der Waals surface area contributed by atoms with E-state index in [-0.39, 0.29) is 24.0 Å². The smallest absolute Gasteiger partial charge is 0.289 e. The van der Waals surface area contributed by atoms with Crippen molar-refractivity contribution in [1.29, 1.82) is 0 Å². The van der Waals surface area contributed by atoms with Crippen LogP contribution in [0, 0.1) is 0 Å². The van der Waals surface area contributed by atoms with Gasteiger partial charge >= 0.3 is 12.4 Å². The summed E-state index contributed by atoms with van der Waals surface area (Å²) in [5, 5.41) is 0. The standard InChI is InChI=1S/C15H10F6O/c16-14(17,18)11-5-1-3-9(7-11)13(22)10-4-2-6-12(8-10)15(19,20)21/h1,3,5-8H,2,4H2. The lowest BCUT2D eigenvalue weighted by Gasteiger charge is -2.16. The number of carbonyl (C=O) groups is 1. The normalized spacial score (nSPS) is 16.1. The lowest BCUT2D eigenvalue weighted by molar-refractivity contribution is -0.137. The number of hydrogen-bond acceptors (Lipinski definition) is 1. The first-order valence-electron chi connectivity index (χ1n) is 6.29. The summed E-state index contributed by atoms with van der Waals surface area (Å²) in [5.74, 6) is -0.819. The minimum Gasteiger partial charge on any atom is -0.289 e. The number of Topliss-reactive ketones (excluding diaryl/α,β-unsaturated/α-hetero) is 1. The third kappa shape index (κ3) is 3.58. The van der Waals surface area contributed by atoms with Crippen LogP contribution in [0.25, 0.3) is 0 Å². The fraction of sp³-hybridized carbons (Fsp3) is 0.267. The third-order valence-corrected chi connectivity index (χ3v) is 3.18. The van der Waals surface area contributed by atoms with Crippen molar-refractivity contribution in [3.8, 4) is 0 Å². The van der Waals surface area contributed by atoms with E-state index in [1.54, 1.807) is 0 Å². The van der Waals surface area contributed by atoms with Gasteiger partial charge in [0.15, 0.2) is 5.78 Å². The molecule has 0 heterocycles. The quantitative estimate of drug-likeness (QED) is 0.547. The summed E-state index contributed by atoms with van der Waals surface area (Å²) < 4.78 is 75.7. The van der Waals surface area contributed by atoms with Crippen molar-refractivity contribution >= 4 is 5.78 Å². The molecule has 0 unspecified atom stereocenters. The van der Waals surface area contributed by atoms with Gasteiger partial charge in [0.25, 0.3) is 0 Å². The van der Waals surface area contributed by atoms with Crippen LogP contribution in [-0.2, 0) is 6.18 Å². The lowest BCUT2D eigenvalue weighted by atomic mass is 9.92. The molecule has 0 fully saturated rings. The monoisotopic (exact) mass is 320 g/mol. The Morgan fingerprint density at radius 2 is 1.68 bits per heavy atom. The highest BCUT2D eigenvalue weighted by molar-refractivity contribution is 6.09. The van der Waals surface area contributed by atoms with E-state index in [1.807, 2.05) is 0 Å². The first-order chi connectivity index (χ1) is 10.1. The van der Waals surface area contributed by atoms with E-state index in [9.17, 15) is 31.1 Å². The molecule has 1 aliphatic rings. The van der Waals surface area contributed by atoms with E-state index in [0.717, 1.165) is 24.3 Å². The molecule has 0 radical (unpaired) electrons. The molecular formula is C15H10F6O. The average Bonchev–Trinajstić information content (AvgIpc) is 2.45. The van der Waals surface area contributed by atoms with E-state index >= 15 is 0 Å². The highest BCUT2D eigenvalue weighted by Gasteiger charge is 2.34. The fourth-order valence-electron chi connectivity index (χ4n) is 2.10. The summed E-state index contributed by atoms with van der Waals surface area (Å²) in [6, 6.07) is 3.66. The van der Waals surface area contributed by atoms with Gasteiger partial charge in [0.2, 0.25) is 0 Å². The maximum Gasteiger partial charge on any atom is 0.416 e. The van der Waals surface area contributed by atoms with Gasteiger partial charge in [-0.1, -0.05) is 18.2 Å². The van der Waals surface area contributed by atoms with Crippen LogP contribution in [0.15, 0.2) is 47.6 Å². The van der Waals surface area contributed by atoms with Gasteiger partial charge in [-0.25, -0.2) is 0 Å². The predicted molar refractivity (Wildman–Crippen MR) is 67.2 cm³/mol. The second kappa shape index (κ2) is 5.62. The van der Waals surface area contributed by atoms with Crippen molar-refractivity contribution in [2.24, 2.45) is 0 Å². The summed E-state index contributed by atoms with van der Waals surface area (Å²) in [6.45, 7) is 0. The SMILES string of the molecule is O=C(C1=CC(C(F)(F)F)=CCC1)c1cccc(C(F)(F)F)c1. The van der Waals surface area contributed by atoms with Gasteiger partial charge in [-0.2, -0.15) is 26.3 Å². The Hall–Kier alpha value is -2.05. The van der Waals surface area contributed by atoms with E-state index in [1.165, 1.54) is 0 Å². The van der Waals surface area contributed by atoms with Crippen LogP contribution < -0.4 is 0 Å². The van der Waals surface area contributed by atoms with Crippen molar-refractivity contribution in [1.82, 2.24) is 0 Å². The molecule has 1 aromatic rings. The molecular weight excluding hydrogens is 310 g/mol. The first kappa shape index (κ1) is 16.3. The minimum atomic E-state index is -4.62. The van der Waals surface area contributed by atoms with Crippen LogP contribution in [0.5, 0.6) is 0 Å². The molecule has 0 aromatic heterocycles. The number of benzene rings is 1. The lowest BCUT2D eigenvalue weighted by Crippen LogP contribution is -2.15. The largest absolute Gasteiger partial charge is 0.416 e. The number of rotatable bonds is 2. The molecule has 0 atom stereocenters. The summed E-state index contributed by atoms with van der Waals surface area (Å²) in [4.78, 5) is 12.1. The van der Waals surface area contributed by atoms with Crippen LogP contribution in [0.4, 0.5) is 26.3 Å². The molecule has 2 rings (SSSR count). The van der Waals surface area contributed by atoms with E-state index in [4.69, 9.17) is 0 Å². The van der Waals surface area contributed by atoms with Gasteiger partial charge in [-0.15, -0.1) is 0 Å². The molecule has 7 heteroatoms. The van der Waals surface area contributed by atoms with Gasteiger partial charge in [-0.05, 0) is 31.1 Å². The Balaban J connectivity index is 2.33. The third-order valence-electron chi connectivity index (χ3n) is 3.18. The van der Waals surface area contributed by atoms with Crippen LogP contribution in [0.3, 0.4) is 0 Å². The Morgan fingerprint density at radius 1 is 1.00 bits per heavy atom. The van der Waals surface area contributed by atoms with Gasteiger partial charge < -0.3 is 0 Å². The van der Waals surface area contributed by atoms with Gasteiger partial charge in [-0.3, -0.25) is 4.79 Å². The maximum absolute atomic E-state index is 12.6. The zero-order chi connectivity index (χ0) is 16.5. The zero-order valence-electron chi connectivity index (χ0n) is 11.1. The van der Waals surface area contributed by atoms with Crippen molar-refractivity contribution in [2.75, 3.05) is 0 Å². The number of allylic oxidation sites excluding steroid dienone is 4. The van der Waals surface area contributed by atoms with Crippen molar-refractivity contribution < 1.29 is 31.1 Å². The van der Waals surface area contributed by atoms with Crippen LogP contribution in [0.2, 0.25) is 0 Å². The topological polar surface area (TPSA) is 17.1 Å². The molecule has 1 aliphatic carbocycles. The summed E-state index contributed by atoms with van der Waals surface area (Å²) in [7, 11) is 0. The second-order valence-corrected chi connectivity index (χ2v) is 4.77. The van der Waals surface area contributed by atoms with E-state index in [2.05, 4.69) is 0 Å². The van der Waals surface area contributed by atoms with E-state index < -0.39 is 29.3 Å². The molecule has 22 heavy (non-hydrogen) atoms. The molecule has 0 aliphatic heterocycles. The fourth-order valence-corrected chi connectivity index (χ4v) is 2.10. The maximum atomic E-state index is 12.6. The summed E-state index contributed by atoms with van der Waals surface area (Å²) in [5.41, 5.74) is -2.38. The van der Waals surface area contributed by atoms with Crippen molar-refractivity contribution in [3.63, 3.8) is 0 Å². The predicted octanol–water partition coefficient (Wildman–Crippen LogP) is 5.10. The highest BCUT2D eigenvalue weighted by Crippen LogP contribution is 2.34. The molecule has 118 valence electrons. The molecule has 0 amide bonds. The van der Waals surface area contributed by atoms with Gasteiger partial charge in [0.05, 0.1) is 11.1 Å². The minimum absolute atomic E-state index is 0.0192. The number of ketones is 1. The Bertz CT molecular complexity index is 649.